The van der Waals surface area contributed by atoms with Gasteiger partial charge in [0, 0.05) is 12.6 Å². The molecule has 0 unspecified atom stereocenters. The van der Waals surface area contributed by atoms with E-state index in [0.29, 0.717) is 17.0 Å². The molecule has 0 aromatic carbocycles. The summed E-state index contributed by atoms with van der Waals surface area (Å²) in [6.07, 6.45) is 2.44. The van der Waals surface area contributed by atoms with Crippen LogP contribution in [0, 0.1) is 0 Å². The van der Waals surface area contributed by atoms with Gasteiger partial charge < -0.3 is 10.4 Å². The van der Waals surface area contributed by atoms with Gasteiger partial charge in [0.1, 0.15) is 0 Å². The van der Waals surface area contributed by atoms with Gasteiger partial charge in [-0.05, 0) is 30.0 Å². The maximum absolute atomic E-state index is 11.5. The van der Waals surface area contributed by atoms with Crippen LogP contribution in [-0.4, -0.2) is 23.5 Å². The Balaban J connectivity index is 2.86. The Kier molecular flexibility index (Phi) is 4.05. The SMILES string of the molecule is CCNC(=O)c1sccc1C=CC(=O)O. The smallest absolute Gasteiger partial charge is 0.328 e. The summed E-state index contributed by atoms with van der Waals surface area (Å²) in [6, 6.07) is 1.72. The molecule has 1 amide bonds. The number of carboxylic acid groups (broad SMARTS) is 1. The monoisotopic (exact) mass is 225 g/mol. The van der Waals surface area contributed by atoms with Crippen LogP contribution >= 0.6 is 11.3 Å². The Labute approximate surface area is 91.2 Å². The minimum absolute atomic E-state index is 0.169. The number of aliphatic carboxylic acids is 1. The predicted octanol–water partition coefficient (Wildman–Crippen LogP) is 1.60. The van der Waals surface area contributed by atoms with Gasteiger partial charge in [0.15, 0.2) is 0 Å². The van der Waals surface area contributed by atoms with Crippen LogP contribution in [0.25, 0.3) is 6.08 Å². The molecule has 0 atom stereocenters. The summed E-state index contributed by atoms with van der Waals surface area (Å²) in [5, 5.41) is 12.9. The lowest BCUT2D eigenvalue weighted by atomic mass is 10.2. The number of hydrogen-bond donors (Lipinski definition) is 2. The number of rotatable bonds is 4. The highest BCUT2D eigenvalue weighted by Crippen LogP contribution is 2.18. The molecule has 0 saturated heterocycles. The first-order valence-corrected chi connectivity index (χ1v) is 5.29. The largest absolute Gasteiger partial charge is 0.478 e. The van der Waals surface area contributed by atoms with Crippen LogP contribution in [0.1, 0.15) is 22.2 Å². The molecule has 1 aromatic heterocycles. The topological polar surface area (TPSA) is 66.4 Å². The third kappa shape index (κ3) is 3.21. The summed E-state index contributed by atoms with van der Waals surface area (Å²) < 4.78 is 0. The lowest BCUT2D eigenvalue weighted by Crippen LogP contribution is -2.22. The Morgan fingerprint density at radius 1 is 1.60 bits per heavy atom. The zero-order valence-corrected chi connectivity index (χ0v) is 9.00. The number of carbonyl (C=O) groups excluding carboxylic acids is 1. The number of amides is 1. The van der Waals surface area contributed by atoms with Crippen molar-refractivity contribution < 1.29 is 14.7 Å². The predicted molar refractivity (Wildman–Crippen MR) is 59.0 cm³/mol. The second kappa shape index (κ2) is 5.31. The zero-order valence-electron chi connectivity index (χ0n) is 8.19. The van der Waals surface area contributed by atoms with Crippen molar-refractivity contribution in [2.24, 2.45) is 0 Å². The fourth-order valence-corrected chi connectivity index (χ4v) is 1.84. The minimum Gasteiger partial charge on any atom is -0.478 e. The Morgan fingerprint density at radius 3 is 2.93 bits per heavy atom. The number of carbonyl (C=O) groups is 2. The molecule has 2 N–H and O–H groups in total. The average molecular weight is 225 g/mol. The van der Waals surface area contributed by atoms with E-state index in [4.69, 9.17) is 5.11 Å². The molecule has 1 aromatic rings. The molecule has 80 valence electrons. The number of carboxylic acids is 1. The van der Waals surface area contributed by atoms with E-state index in [0.717, 1.165) is 6.08 Å². The third-order valence-corrected chi connectivity index (χ3v) is 2.57. The molecule has 15 heavy (non-hydrogen) atoms. The van der Waals surface area contributed by atoms with E-state index in [1.165, 1.54) is 17.4 Å². The van der Waals surface area contributed by atoms with Crippen LogP contribution in [0.5, 0.6) is 0 Å². The van der Waals surface area contributed by atoms with Gasteiger partial charge in [-0.15, -0.1) is 11.3 Å². The molecule has 5 heteroatoms. The first-order valence-electron chi connectivity index (χ1n) is 4.42. The summed E-state index contributed by atoms with van der Waals surface area (Å²) in [4.78, 5) is 22.3. The summed E-state index contributed by atoms with van der Waals surface area (Å²) >= 11 is 1.29. The van der Waals surface area contributed by atoms with E-state index >= 15 is 0 Å². The van der Waals surface area contributed by atoms with Crippen LogP contribution in [0.2, 0.25) is 0 Å². The fraction of sp³-hybridized carbons (Fsp3) is 0.200. The van der Waals surface area contributed by atoms with Gasteiger partial charge in [-0.25, -0.2) is 4.79 Å². The fourth-order valence-electron chi connectivity index (χ4n) is 1.04. The Hall–Kier alpha value is -1.62. The molecule has 0 aliphatic heterocycles. The molecular weight excluding hydrogens is 214 g/mol. The van der Waals surface area contributed by atoms with Gasteiger partial charge >= 0.3 is 5.97 Å². The first-order chi connectivity index (χ1) is 7.15. The molecule has 0 aliphatic rings. The molecule has 4 nitrogen and oxygen atoms in total. The normalized spacial score (nSPS) is 10.5. The number of thiophene rings is 1. The number of hydrogen-bond acceptors (Lipinski definition) is 3. The molecule has 0 aliphatic carbocycles. The molecule has 1 rings (SSSR count). The third-order valence-electron chi connectivity index (χ3n) is 1.64. The second-order valence-electron chi connectivity index (χ2n) is 2.74. The quantitative estimate of drug-likeness (QED) is 0.765. The van der Waals surface area contributed by atoms with Crippen molar-refractivity contribution in [2.45, 2.75) is 6.92 Å². The summed E-state index contributed by atoms with van der Waals surface area (Å²) in [5.74, 6) is -1.19. The lowest BCUT2D eigenvalue weighted by Gasteiger charge is -1.99. The van der Waals surface area contributed by atoms with E-state index in [9.17, 15) is 9.59 Å². The van der Waals surface area contributed by atoms with E-state index in [2.05, 4.69) is 5.32 Å². The highest BCUT2D eigenvalue weighted by molar-refractivity contribution is 7.12. The van der Waals surface area contributed by atoms with Crippen LogP contribution < -0.4 is 5.32 Å². The molecule has 0 bridgehead atoms. The molecule has 0 spiro atoms. The Bertz CT molecular complexity index is 395. The van der Waals surface area contributed by atoms with Crippen molar-refractivity contribution in [3.8, 4) is 0 Å². The van der Waals surface area contributed by atoms with Gasteiger partial charge in [0.25, 0.3) is 5.91 Å². The van der Waals surface area contributed by atoms with Crippen molar-refractivity contribution in [1.29, 1.82) is 0 Å². The molecule has 0 saturated carbocycles. The second-order valence-corrected chi connectivity index (χ2v) is 3.65. The first kappa shape index (κ1) is 11.5. The van der Waals surface area contributed by atoms with Gasteiger partial charge in [-0.3, -0.25) is 4.79 Å². The van der Waals surface area contributed by atoms with Gasteiger partial charge in [0.2, 0.25) is 0 Å². The van der Waals surface area contributed by atoms with Crippen molar-refractivity contribution in [1.82, 2.24) is 5.32 Å². The van der Waals surface area contributed by atoms with E-state index in [1.54, 1.807) is 11.4 Å². The lowest BCUT2D eigenvalue weighted by molar-refractivity contribution is -0.131. The molecular formula is C10H11NO3S. The summed E-state index contributed by atoms with van der Waals surface area (Å²) in [5.41, 5.74) is 0.633. The van der Waals surface area contributed by atoms with Crippen LogP contribution in [0.15, 0.2) is 17.5 Å². The maximum atomic E-state index is 11.5. The number of nitrogens with one attached hydrogen (secondary N) is 1. The highest BCUT2D eigenvalue weighted by atomic mass is 32.1. The average Bonchev–Trinajstić information content (AvgIpc) is 2.62. The summed E-state index contributed by atoms with van der Waals surface area (Å²) in [6.45, 7) is 2.39. The van der Waals surface area contributed by atoms with Crippen LogP contribution in [0.4, 0.5) is 0 Å². The van der Waals surface area contributed by atoms with Crippen molar-refractivity contribution >= 4 is 29.3 Å². The molecule has 1 heterocycles. The van der Waals surface area contributed by atoms with Crippen LogP contribution in [-0.2, 0) is 4.79 Å². The van der Waals surface area contributed by atoms with Crippen molar-refractivity contribution in [2.75, 3.05) is 6.54 Å². The van der Waals surface area contributed by atoms with Crippen molar-refractivity contribution in [3.05, 3.63) is 28.0 Å². The van der Waals surface area contributed by atoms with E-state index in [1.807, 2.05) is 6.92 Å². The van der Waals surface area contributed by atoms with Gasteiger partial charge in [-0.2, -0.15) is 0 Å². The van der Waals surface area contributed by atoms with Crippen molar-refractivity contribution in [3.63, 3.8) is 0 Å². The Morgan fingerprint density at radius 2 is 2.33 bits per heavy atom. The summed E-state index contributed by atoms with van der Waals surface area (Å²) in [7, 11) is 0. The maximum Gasteiger partial charge on any atom is 0.328 e. The highest BCUT2D eigenvalue weighted by Gasteiger charge is 2.09. The molecule has 0 fully saturated rings. The standard InChI is InChI=1S/C10H11NO3S/c1-2-11-10(14)9-7(5-6-15-9)3-4-8(12)13/h3-6H,2H2,1H3,(H,11,14)(H,12,13). The zero-order chi connectivity index (χ0) is 11.3. The van der Waals surface area contributed by atoms with Gasteiger partial charge in [-0.1, -0.05) is 0 Å². The molecule has 0 radical (unpaired) electrons. The van der Waals surface area contributed by atoms with E-state index < -0.39 is 5.97 Å². The van der Waals surface area contributed by atoms with Crippen LogP contribution in [0.3, 0.4) is 0 Å². The van der Waals surface area contributed by atoms with E-state index in [-0.39, 0.29) is 5.91 Å². The van der Waals surface area contributed by atoms with Gasteiger partial charge in [0.05, 0.1) is 4.88 Å². The minimum atomic E-state index is -1.02.